The number of hydrogen-bond acceptors (Lipinski definition) is 11. The van der Waals surface area contributed by atoms with Gasteiger partial charge in [-0.05, 0) is 62.3 Å². The number of carbonyl (C=O) groups is 4. The van der Waals surface area contributed by atoms with Crippen LogP contribution in [0.1, 0.15) is 75.2 Å². The average molecular weight is 493 g/mol. The topological polar surface area (TPSA) is 153 Å². The standard InChI is InChI=1S/C22H36O12/c1-20(2,3)32-17(25)29-13-11-15(31-19(27)34-22(7,8)9)14(10-12(13)28-16(23)24)30-18(26)33-21(4,5)6/h12-15H,10-11H2,1-9H3,(H,23,24). The van der Waals surface area contributed by atoms with E-state index in [0.717, 1.165) is 0 Å². The first-order valence-corrected chi connectivity index (χ1v) is 10.8. The largest absolute Gasteiger partial charge is 0.509 e. The zero-order chi connectivity index (χ0) is 26.5. The predicted octanol–water partition coefficient (Wildman–Crippen LogP) is 4.80. The van der Waals surface area contributed by atoms with E-state index >= 15 is 0 Å². The zero-order valence-corrected chi connectivity index (χ0v) is 21.2. The lowest BCUT2D eigenvalue weighted by atomic mass is 9.89. The number of ether oxygens (including phenoxy) is 7. The number of rotatable bonds is 4. The maximum atomic E-state index is 12.3. The van der Waals surface area contributed by atoms with Gasteiger partial charge in [-0.1, -0.05) is 0 Å². The number of carboxylic acid groups (broad SMARTS) is 1. The summed E-state index contributed by atoms with van der Waals surface area (Å²) in [7, 11) is 0. The number of hydrogen-bond donors (Lipinski definition) is 1. The molecule has 1 saturated carbocycles. The smallest absolute Gasteiger partial charge is 0.450 e. The van der Waals surface area contributed by atoms with Crippen molar-refractivity contribution in [1.29, 1.82) is 0 Å². The molecule has 1 aliphatic carbocycles. The molecule has 0 spiro atoms. The first-order chi connectivity index (χ1) is 15.2. The Morgan fingerprint density at radius 3 is 0.971 bits per heavy atom. The van der Waals surface area contributed by atoms with Gasteiger partial charge in [0.2, 0.25) is 0 Å². The fourth-order valence-electron chi connectivity index (χ4n) is 2.88. The van der Waals surface area contributed by atoms with Gasteiger partial charge in [0, 0.05) is 12.8 Å². The van der Waals surface area contributed by atoms with Gasteiger partial charge in [-0.25, -0.2) is 19.2 Å². The van der Waals surface area contributed by atoms with E-state index in [-0.39, 0.29) is 12.8 Å². The molecule has 0 aromatic carbocycles. The third kappa shape index (κ3) is 11.8. The van der Waals surface area contributed by atoms with Gasteiger partial charge >= 0.3 is 24.6 Å². The van der Waals surface area contributed by atoms with Crippen LogP contribution in [-0.2, 0) is 33.2 Å². The molecule has 0 saturated heterocycles. The molecule has 0 aromatic heterocycles. The van der Waals surface area contributed by atoms with E-state index in [1.54, 1.807) is 62.3 Å². The van der Waals surface area contributed by atoms with E-state index in [1.165, 1.54) is 0 Å². The monoisotopic (exact) mass is 492 g/mol. The molecule has 0 aromatic rings. The Bertz CT molecular complexity index is 740. The summed E-state index contributed by atoms with van der Waals surface area (Å²) in [5.41, 5.74) is -2.61. The Morgan fingerprint density at radius 2 is 0.765 bits per heavy atom. The van der Waals surface area contributed by atoms with E-state index in [0.29, 0.717) is 0 Å². The lowest BCUT2D eigenvalue weighted by Gasteiger charge is -2.38. The fourth-order valence-corrected chi connectivity index (χ4v) is 2.88. The molecule has 0 amide bonds. The average Bonchev–Trinajstić information content (AvgIpc) is 2.52. The Kier molecular flexibility index (Phi) is 9.42. The summed E-state index contributed by atoms with van der Waals surface area (Å²) in [5.74, 6) is 0. The Morgan fingerprint density at radius 1 is 0.529 bits per heavy atom. The minimum Gasteiger partial charge on any atom is -0.450 e. The van der Waals surface area contributed by atoms with Crippen molar-refractivity contribution in [2.24, 2.45) is 0 Å². The van der Waals surface area contributed by atoms with Crippen LogP contribution in [0.15, 0.2) is 0 Å². The molecule has 1 aliphatic rings. The normalized spacial score (nSPS) is 23.2. The lowest BCUT2D eigenvalue weighted by Crippen LogP contribution is -2.52. The molecule has 4 unspecified atom stereocenters. The predicted molar refractivity (Wildman–Crippen MR) is 115 cm³/mol. The summed E-state index contributed by atoms with van der Waals surface area (Å²) in [4.78, 5) is 48.0. The molecule has 0 aliphatic heterocycles. The quantitative estimate of drug-likeness (QED) is 0.423. The van der Waals surface area contributed by atoms with Crippen molar-refractivity contribution in [1.82, 2.24) is 0 Å². The highest BCUT2D eigenvalue weighted by Gasteiger charge is 2.46. The van der Waals surface area contributed by atoms with Gasteiger partial charge in [0.1, 0.15) is 41.2 Å². The molecule has 34 heavy (non-hydrogen) atoms. The van der Waals surface area contributed by atoms with Crippen LogP contribution in [0.5, 0.6) is 0 Å². The summed E-state index contributed by atoms with van der Waals surface area (Å²) < 4.78 is 36.2. The molecule has 0 radical (unpaired) electrons. The highest BCUT2D eigenvalue weighted by Crippen LogP contribution is 2.31. The van der Waals surface area contributed by atoms with E-state index < -0.39 is 65.8 Å². The highest BCUT2D eigenvalue weighted by molar-refractivity contribution is 5.63. The van der Waals surface area contributed by atoms with Gasteiger partial charge in [-0.2, -0.15) is 0 Å². The summed E-state index contributed by atoms with van der Waals surface area (Å²) in [6, 6.07) is 0. The molecule has 12 heteroatoms. The van der Waals surface area contributed by atoms with Crippen LogP contribution < -0.4 is 0 Å². The lowest BCUT2D eigenvalue weighted by molar-refractivity contribution is -0.151. The van der Waals surface area contributed by atoms with E-state index in [2.05, 4.69) is 0 Å². The summed E-state index contributed by atoms with van der Waals surface area (Å²) >= 11 is 0. The fraction of sp³-hybridized carbons (Fsp3) is 0.818. The first-order valence-electron chi connectivity index (χ1n) is 10.8. The molecular weight excluding hydrogens is 456 g/mol. The molecule has 196 valence electrons. The molecule has 0 heterocycles. The highest BCUT2D eigenvalue weighted by atomic mass is 16.8. The van der Waals surface area contributed by atoms with E-state index in [9.17, 15) is 19.2 Å². The van der Waals surface area contributed by atoms with Gasteiger partial charge in [0.15, 0.2) is 0 Å². The second-order valence-corrected chi connectivity index (χ2v) is 10.8. The Labute approximate surface area is 199 Å². The summed E-state index contributed by atoms with van der Waals surface area (Å²) in [5, 5.41) is 9.13. The van der Waals surface area contributed by atoms with Crippen LogP contribution in [-0.4, -0.2) is 70.9 Å². The third-order valence-electron chi connectivity index (χ3n) is 3.92. The van der Waals surface area contributed by atoms with Gasteiger partial charge in [-0.15, -0.1) is 0 Å². The zero-order valence-electron chi connectivity index (χ0n) is 21.2. The van der Waals surface area contributed by atoms with Crippen molar-refractivity contribution in [2.45, 2.75) is 116 Å². The number of carbonyl (C=O) groups excluding carboxylic acids is 3. The SMILES string of the molecule is CC(C)(C)OC(=O)OC1CC(OC(=O)OC(C)(C)C)C(OC(=O)OC(C)(C)C)CC1OC(=O)O. The van der Waals surface area contributed by atoms with Crippen molar-refractivity contribution in [3.05, 3.63) is 0 Å². The van der Waals surface area contributed by atoms with Crippen LogP contribution in [0.2, 0.25) is 0 Å². The van der Waals surface area contributed by atoms with Crippen LogP contribution in [0.4, 0.5) is 19.2 Å². The van der Waals surface area contributed by atoms with Crippen molar-refractivity contribution < 1.29 is 57.4 Å². The van der Waals surface area contributed by atoms with Gasteiger partial charge in [0.25, 0.3) is 0 Å². The van der Waals surface area contributed by atoms with E-state index in [4.69, 9.17) is 38.3 Å². The minimum atomic E-state index is -1.63. The Balaban J connectivity index is 3.13. The van der Waals surface area contributed by atoms with E-state index in [1.807, 2.05) is 0 Å². The minimum absolute atomic E-state index is 0.260. The summed E-state index contributed by atoms with van der Waals surface area (Å²) in [6.07, 6.45) is -10.1. The van der Waals surface area contributed by atoms with Crippen molar-refractivity contribution >= 4 is 24.6 Å². The van der Waals surface area contributed by atoms with Gasteiger partial charge in [0.05, 0.1) is 0 Å². The molecule has 4 atom stereocenters. The molecular formula is C22H36O12. The molecule has 1 N–H and O–H groups in total. The Hall–Kier alpha value is -2.92. The van der Waals surface area contributed by atoms with Crippen LogP contribution in [0.3, 0.4) is 0 Å². The second-order valence-electron chi connectivity index (χ2n) is 10.8. The first kappa shape index (κ1) is 29.1. The van der Waals surface area contributed by atoms with Crippen molar-refractivity contribution in [3.8, 4) is 0 Å². The van der Waals surface area contributed by atoms with Crippen molar-refractivity contribution in [3.63, 3.8) is 0 Å². The molecule has 1 rings (SSSR count). The maximum Gasteiger partial charge on any atom is 0.509 e. The van der Waals surface area contributed by atoms with Gasteiger partial charge < -0.3 is 38.3 Å². The molecule has 0 bridgehead atoms. The summed E-state index contributed by atoms with van der Waals surface area (Å²) in [6.45, 7) is 14.7. The molecule has 1 fully saturated rings. The molecule has 12 nitrogen and oxygen atoms in total. The van der Waals surface area contributed by atoms with Crippen LogP contribution in [0, 0.1) is 0 Å². The van der Waals surface area contributed by atoms with Crippen molar-refractivity contribution in [2.75, 3.05) is 0 Å². The van der Waals surface area contributed by atoms with Crippen LogP contribution in [0.25, 0.3) is 0 Å². The second kappa shape index (κ2) is 11.0. The maximum absolute atomic E-state index is 12.3. The third-order valence-corrected chi connectivity index (χ3v) is 3.92. The van der Waals surface area contributed by atoms with Crippen LogP contribution >= 0.6 is 0 Å². The van der Waals surface area contributed by atoms with Gasteiger partial charge in [-0.3, -0.25) is 0 Å².